The van der Waals surface area contributed by atoms with Crippen LogP contribution in [-0.4, -0.2) is 32.6 Å². The van der Waals surface area contributed by atoms with Crippen LogP contribution in [0.4, 0.5) is 15.9 Å². The Bertz CT molecular complexity index is 1080. The van der Waals surface area contributed by atoms with Crippen molar-refractivity contribution in [3.8, 4) is 0 Å². The average Bonchev–Trinajstić information content (AvgIpc) is 3.02. The number of halogens is 1. The van der Waals surface area contributed by atoms with Crippen LogP contribution in [0.25, 0.3) is 10.9 Å². The molecule has 150 valence electrons. The molecule has 1 atom stereocenters. The van der Waals surface area contributed by atoms with Gasteiger partial charge in [-0.15, -0.1) is 0 Å². The lowest BCUT2D eigenvalue weighted by Crippen LogP contribution is -2.27. The van der Waals surface area contributed by atoms with Gasteiger partial charge in [0.25, 0.3) is 0 Å². The second-order valence-corrected chi connectivity index (χ2v) is 8.15. The van der Waals surface area contributed by atoms with Gasteiger partial charge < -0.3 is 15.7 Å². The van der Waals surface area contributed by atoms with Gasteiger partial charge in [0.1, 0.15) is 18.0 Å². The van der Waals surface area contributed by atoms with Crippen LogP contribution in [0.5, 0.6) is 0 Å². The van der Waals surface area contributed by atoms with Gasteiger partial charge in [0.2, 0.25) is 5.91 Å². The zero-order valence-electron chi connectivity index (χ0n) is 16.4. The number of hydrogen-bond acceptors (Lipinski definition) is 5. The van der Waals surface area contributed by atoms with E-state index in [-0.39, 0.29) is 24.2 Å². The number of fused-ring (bicyclic) bond motifs is 2. The maximum Gasteiger partial charge on any atom is 0.227 e. The summed E-state index contributed by atoms with van der Waals surface area (Å²) in [5, 5.41) is 16.7. The van der Waals surface area contributed by atoms with Crippen molar-refractivity contribution in [1.82, 2.24) is 9.97 Å². The maximum atomic E-state index is 13.7. The Morgan fingerprint density at radius 1 is 1.17 bits per heavy atom. The standard InChI is InChI=1S/C22H23FN4O2/c1-22(2,29)11-20(28)26-16-5-3-13-7-17(9-14(13)8-16)27-21-18-10-15(23)4-6-19(18)24-12-25-21/h3-6,8,10,12,17,29H,7,9,11H2,1-2H3,(H,26,28)(H,24,25,27). The third-order valence-electron chi connectivity index (χ3n) is 4.95. The van der Waals surface area contributed by atoms with Gasteiger partial charge in [0, 0.05) is 17.1 Å². The van der Waals surface area contributed by atoms with Gasteiger partial charge in [-0.2, -0.15) is 0 Å². The molecule has 1 aromatic heterocycles. The minimum absolute atomic E-state index is 0.0333. The van der Waals surface area contributed by atoms with Gasteiger partial charge in [-0.3, -0.25) is 4.79 Å². The highest BCUT2D eigenvalue weighted by atomic mass is 19.1. The highest BCUT2D eigenvalue weighted by Crippen LogP contribution is 2.29. The molecule has 29 heavy (non-hydrogen) atoms. The number of nitrogens with one attached hydrogen (secondary N) is 2. The molecule has 3 aromatic rings. The third kappa shape index (κ3) is 4.51. The van der Waals surface area contributed by atoms with Crippen LogP contribution in [0.2, 0.25) is 0 Å². The number of aliphatic hydroxyl groups is 1. The van der Waals surface area contributed by atoms with Gasteiger partial charge in [-0.05, 0) is 68.1 Å². The number of hydrogen-bond donors (Lipinski definition) is 3. The first kappa shape index (κ1) is 19.3. The van der Waals surface area contributed by atoms with Crippen molar-refractivity contribution in [3.63, 3.8) is 0 Å². The van der Waals surface area contributed by atoms with E-state index in [1.165, 1.54) is 24.0 Å². The van der Waals surface area contributed by atoms with Crippen LogP contribution in [0, 0.1) is 5.82 Å². The van der Waals surface area contributed by atoms with Gasteiger partial charge in [-0.1, -0.05) is 6.07 Å². The van der Waals surface area contributed by atoms with Crippen LogP contribution < -0.4 is 10.6 Å². The lowest BCUT2D eigenvalue weighted by Gasteiger charge is -2.16. The van der Waals surface area contributed by atoms with Crippen molar-refractivity contribution >= 4 is 28.3 Å². The van der Waals surface area contributed by atoms with Crippen LogP contribution in [-0.2, 0) is 17.6 Å². The second kappa shape index (κ2) is 7.40. The summed E-state index contributed by atoms with van der Waals surface area (Å²) >= 11 is 0. The fourth-order valence-electron chi connectivity index (χ4n) is 3.73. The molecule has 0 saturated carbocycles. The Morgan fingerprint density at radius 3 is 2.76 bits per heavy atom. The minimum Gasteiger partial charge on any atom is -0.390 e. The van der Waals surface area contributed by atoms with E-state index < -0.39 is 5.60 Å². The lowest BCUT2D eigenvalue weighted by atomic mass is 10.0. The molecule has 6 nitrogen and oxygen atoms in total. The van der Waals surface area contributed by atoms with Crippen molar-refractivity contribution in [1.29, 1.82) is 0 Å². The molecular formula is C22H23FN4O2. The van der Waals surface area contributed by atoms with E-state index in [0.717, 1.165) is 18.4 Å². The number of rotatable bonds is 5. The van der Waals surface area contributed by atoms with Crippen LogP contribution in [0.15, 0.2) is 42.7 Å². The van der Waals surface area contributed by atoms with Crippen molar-refractivity contribution < 1.29 is 14.3 Å². The molecule has 2 aromatic carbocycles. The number of benzene rings is 2. The van der Waals surface area contributed by atoms with Crippen molar-refractivity contribution in [3.05, 3.63) is 59.7 Å². The molecular weight excluding hydrogens is 371 g/mol. The minimum atomic E-state index is -1.05. The molecule has 1 unspecified atom stereocenters. The summed E-state index contributed by atoms with van der Waals surface area (Å²) in [4.78, 5) is 20.5. The van der Waals surface area contributed by atoms with E-state index in [9.17, 15) is 14.3 Å². The number of nitrogens with zero attached hydrogens (tertiary/aromatic N) is 2. The molecule has 0 spiro atoms. The van der Waals surface area contributed by atoms with E-state index >= 15 is 0 Å². The number of anilines is 2. The fraction of sp³-hybridized carbons (Fsp3) is 0.318. The SMILES string of the molecule is CC(C)(O)CC(=O)Nc1ccc2c(c1)CC(Nc1ncnc3ccc(F)cc13)C2. The first-order valence-corrected chi connectivity index (χ1v) is 9.58. The molecule has 0 radical (unpaired) electrons. The largest absolute Gasteiger partial charge is 0.390 e. The first-order chi connectivity index (χ1) is 13.8. The summed E-state index contributed by atoms with van der Waals surface area (Å²) in [5.41, 5.74) is 2.71. The molecule has 0 aliphatic heterocycles. The molecule has 1 aliphatic carbocycles. The van der Waals surface area contributed by atoms with Crippen LogP contribution in [0.1, 0.15) is 31.4 Å². The van der Waals surface area contributed by atoms with Gasteiger partial charge in [0.15, 0.2) is 0 Å². The number of carbonyl (C=O) groups excluding carboxylic acids is 1. The van der Waals surface area contributed by atoms with E-state index in [1.807, 2.05) is 18.2 Å². The van der Waals surface area contributed by atoms with Crippen molar-refractivity contribution in [2.24, 2.45) is 0 Å². The summed E-state index contributed by atoms with van der Waals surface area (Å²) in [7, 11) is 0. The third-order valence-corrected chi connectivity index (χ3v) is 4.95. The summed E-state index contributed by atoms with van der Waals surface area (Å²) < 4.78 is 13.7. The molecule has 0 fully saturated rings. The van der Waals surface area contributed by atoms with E-state index in [0.29, 0.717) is 22.4 Å². The summed E-state index contributed by atoms with van der Waals surface area (Å²) in [5.74, 6) is 0.0714. The Labute approximate surface area is 168 Å². The molecule has 0 bridgehead atoms. The maximum absolute atomic E-state index is 13.7. The molecule has 1 heterocycles. The number of amides is 1. The van der Waals surface area contributed by atoms with Crippen molar-refractivity contribution in [2.45, 2.75) is 44.8 Å². The molecule has 0 saturated heterocycles. The van der Waals surface area contributed by atoms with Crippen LogP contribution in [0.3, 0.4) is 0 Å². The molecule has 7 heteroatoms. The fourth-order valence-corrected chi connectivity index (χ4v) is 3.73. The Kier molecular flexibility index (Phi) is 4.92. The van der Waals surface area contributed by atoms with E-state index in [4.69, 9.17) is 0 Å². The van der Waals surface area contributed by atoms with E-state index in [2.05, 4.69) is 20.6 Å². The van der Waals surface area contributed by atoms with Crippen molar-refractivity contribution in [2.75, 3.05) is 10.6 Å². The lowest BCUT2D eigenvalue weighted by molar-refractivity contribution is -0.119. The highest BCUT2D eigenvalue weighted by molar-refractivity contribution is 5.91. The summed E-state index contributed by atoms with van der Waals surface area (Å²) in [6, 6.07) is 10.4. The normalized spacial score (nSPS) is 15.9. The summed E-state index contributed by atoms with van der Waals surface area (Å²) in [6.07, 6.45) is 3.09. The monoisotopic (exact) mass is 394 g/mol. The van der Waals surface area contributed by atoms with Crippen LogP contribution >= 0.6 is 0 Å². The predicted molar refractivity (Wildman–Crippen MR) is 110 cm³/mol. The van der Waals surface area contributed by atoms with Gasteiger partial charge >= 0.3 is 0 Å². The number of carbonyl (C=O) groups is 1. The Morgan fingerprint density at radius 2 is 1.97 bits per heavy atom. The zero-order chi connectivity index (χ0) is 20.6. The van der Waals surface area contributed by atoms with Gasteiger partial charge in [-0.25, -0.2) is 14.4 Å². The average molecular weight is 394 g/mol. The van der Waals surface area contributed by atoms with E-state index in [1.54, 1.807) is 19.9 Å². The smallest absolute Gasteiger partial charge is 0.227 e. The Balaban J connectivity index is 1.47. The topological polar surface area (TPSA) is 87.1 Å². The summed E-state index contributed by atoms with van der Waals surface area (Å²) in [6.45, 7) is 3.21. The second-order valence-electron chi connectivity index (χ2n) is 8.15. The predicted octanol–water partition coefficient (Wildman–Crippen LogP) is 3.45. The zero-order valence-corrected chi connectivity index (χ0v) is 16.4. The molecule has 3 N–H and O–H groups in total. The first-order valence-electron chi connectivity index (χ1n) is 9.58. The Hall–Kier alpha value is -3.06. The molecule has 1 amide bonds. The highest BCUT2D eigenvalue weighted by Gasteiger charge is 2.23. The molecule has 4 rings (SSSR count). The molecule has 1 aliphatic rings. The van der Waals surface area contributed by atoms with Gasteiger partial charge in [0.05, 0.1) is 17.5 Å². The number of aromatic nitrogens is 2. The quantitative estimate of drug-likeness (QED) is 0.617.